The summed E-state index contributed by atoms with van der Waals surface area (Å²) in [6.07, 6.45) is 0.330. The molecule has 5 nitrogen and oxygen atoms in total. The average Bonchev–Trinajstić information content (AvgIpc) is 2.45. The van der Waals surface area contributed by atoms with E-state index in [2.05, 4.69) is 5.32 Å². The zero-order chi connectivity index (χ0) is 15.6. The van der Waals surface area contributed by atoms with Gasteiger partial charge in [0.25, 0.3) is 0 Å². The minimum atomic E-state index is -0.998. The molecule has 0 bridgehead atoms. The van der Waals surface area contributed by atoms with E-state index in [0.29, 0.717) is 6.42 Å². The molecule has 1 heterocycles. The van der Waals surface area contributed by atoms with Gasteiger partial charge in [0.05, 0.1) is 0 Å². The predicted octanol–water partition coefficient (Wildman–Crippen LogP) is 1.67. The van der Waals surface area contributed by atoms with Gasteiger partial charge in [-0.25, -0.2) is 4.79 Å². The van der Waals surface area contributed by atoms with Gasteiger partial charge < -0.3 is 9.84 Å². The lowest BCUT2D eigenvalue weighted by Gasteiger charge is -2.31. The van der Waals surface area contributed by atoms with E-state index >= 15 is 0 Å². The van der Waals surface area contributed by atoms with Crippen molar-refractivity contribution in [2.24, 2.45) is 0 Å². The van der Waals surface area contributed by atoms with Crippen molar-refractivity contribution < 1.29 is 20.8 Å². The normalized spacial score (nSPS) is 22.6. The van der Waals surface area contributed by atoms with E-state index < -0.39 is 29.6 Å². The Morgan fingerprint density at radius 2 is 2.15 bits per heavy atom. The Hall–Kier alpha value is -1.88. The third kappa shape index (κ3) is 3.17. The Morgan fingerprint density at radius 3 is 2.80 bits per heavy atom. The minimum absolute atomic E-state index is 0.0601. The van der Waals surface area contributed by atoms with Gasteiger partial charge in [0, 0.05) is 1.37 Å². The van der Waals surface area contributed by atoms with E-state index in [1.165, 1.54) is 0 Å². The third-order valence-electron chi connectivity index (χ3n) is 3.07. The summed E-state index contributed by atoms with van der Waals surface area (Å²) in [5, 5.41) is 12.0. The summed E-state index contributed by atoms with van der Waals surface area (Å²) in [5.41, 5.74) is 0.666. The maximum absolute atomic E-state index is 12.3. The van der Waals surface area contributed by atoms with Crippen LogP contribution in [-0.2, 0) is 20.7 Å². The molecule has 2 rings (SSSR count). The van der Waals surface area contributed by atoms with Gasteiger partial charge in [-0.3, -0.25) is 10.1 Å². The van der Waals surface area contributed by atoms with Crippen molar-refractivity contribution in [2.45, 2.75) is 44.9 Å². The number of hydrogen-bond donors (Lipinski definition) is 2. The van der Waals surface area contributed by atoms with Gasteiger partial charge in [-0.05, 0) is 38.3 Å². The Bertz CT molecular complexity index is 558. The van der Waals surface area contributed by atoms with Crippen LogP contribution in [0.15, 0.2) is 24.3 Å². The lowest BCUT2D eigenvalue weighted by Crippen LogP contribution is -2.48. The molecule has 2 atom stereocenters. The predicted molar refractivity (Wildman–Crippen MR) is 73.3 cm³/mol. The molecule has 0 spiro atoms. The molecule has 0 radical (unpaired) electrons. The van der Waals surface area contributed by atoms with Gasteiger partial charge in [-0.2, -0.15) is 0 Å². The van der Waals surface area contributed by atoms with Gasteiger partial charge in [0.2, 0.25) is 0 Å². The molecule has 2 unspecified atom stereocenters. The van der Waals surface area contributed by atoms with Crippen LogP contribution in [0.3, 0.4) is 0 Å². The van der Waals surface area contributed by atoms with Crippen LogP contribution in [0.2, 0.25) is 0 Å². The zero-order valence-corrected chi connectivity index (χ0v) is 11.6. The van der Waals surface area contributed by atoms with Crippen LogP contribution in [0.1, 0.15) is 39.3 Å². The first kappa shape index (κ1) is 13.1. The number of carbonyl (C=O) groups excluding carboxylic acids is 1. The van der Waals surface area contributed by atoms with Crippen molar-refractivity contribution in [1.29, 1.82) is 0 Å². The van der Waals surface area contributed by atoms with Crippen molar-refractivity contribution >= 4 is 11.9 Å². The highest BCUT2D eigenvalue weighted by Gasteiger charge is 2.36. The molecule has 2 N–H and O–H groups in total. The lowest BCUT2D eigenvalue weighted by molar-refractivity contribution is -0.158. The quantitative estimate of drug-likeness (QED) is 0.805. The van der Waals surface area contributed by atoms with Crippen molar-refractivity contribution in [2.75, 3.05) is 0 Å². The van der Waals surface area contributed by atoms with E-state index in [0.717, 1.165) is 11.1 Å². The third-order valence-corrected chi connectivity index (χ3v) is 3.07. The van der Waals surface area contributed by atoms with E-state index in [-0.39, 0.29) is 6.90 Å². The Balaban J connectivity index is 2.29. The largest absolute Gasteiger partial charge is 0.480 e. The van der Waals surface area contributed by atoms with E-state index in [4.69, 9.17) is 6.11 Å². The molecule has 1 aliphatic rings. The summed E-state index contributed by atoms with van der Waals surface area (Å²) < 4.78 is 12.7. The lowest BCUT2D eigenvalue weighted by atomic mass is 9.90. The molecule has 0 saturated heterocycles. The monoisotopic (exact) mass is 278 g/mol. The van der Waals surface area contributed by atoms with Crippen molar-refractivity contribution in [3.05, 3.63) is 35.4 Å². The van der Waals surface area contributed by atoms with Gasteiger partial charge in [-0.15, -0.1) is 0 Å². The maximum Gasteiger partial charge on any atom is 0.328 e. The molecule has 0 aliphatic carbocycles. The number of rotatable bonds is 2. The molecule has 1 aromatic carbocycles. The first-order valence-electron chi connectivity index (χ1n) is 7.13. The van der Waals surface area contributed by atoms with Gasteiger partial charge in [0.15, 0.2) is 0 Å². The number of ether oxygens (including phenoxy) is 1. The number of carbonyl (C=O) groups is 2. The summed E-state index contributed by atoms with van der Waals surface area (Å²) >= 11 is 0. The van der Waals surface area contributed by atoms with Crippen molar-refractivity contribution in [3.63, 3.8) is 0 Å². The molecule has 1 aliphatic heterocycles. The van der Waals surface area contributed by atoms with Crippen LogP contribution in [0.25, 0.3) is 0 Å². The fraction of sp³-hybridized carbons (Fsp3) is 0.467. The fourth-order valence-electron chi connectivity index (χ4n) is 2.26. The van der Waals surface area contributed by atoms with Gasteiger partial charge >= 0.3 is 11.9 Å². The van der Waals surface area contributed by atoms with E-state index in [9.17, 15) is 14.7 Å². The van der Waals surface area contributed by atoms with Crippen LogP contribution in [0.5, 0.6) is 0 Å². The summed E-state index contributed by atoms with van der Waals surface area (Å²) in [4.78, 5) is 23.6. The van der Waals surface area contributed by atoms with Crippen LogP contribution in [0, 0.1) is 0 Å². The molecule has 0 aromatic heterocycles. The second-order valence-corrected chi connectivity index (χ2v) is 5.57. The smallest absolute Gasteiger partial charge is 0.328 e. The summed E-state index contributed by atoms with van der Waals surface area (Å²) in [6.45, 7) is 3.25. The molecule has 1 aromatic rings. The topological polar surface area (TPSA) is 75.6 Å². The number of fused-ring (bicyclic) bond motifs is 1. The number of aliphatic carboxylic acids is 1. The highest BCUT2D eigenvalue weighted by Crippen LogP contribution is 2.27. The summed E-state index contributed by atoms with van der Waals surface area (Å²) in [7, 11) is 0. The number of carboxylic acid groups (broad SMARTS) is 1. The minimum Gasteiger partial charge on any atom is -0.480 e. The molecule has 0 saturated carbocycles. The second kappa shape index (κ2) is 5.25. The molecular weight excluding hydrogens is 258 g/mol. The van der Waals surface area contributed by atoms with E-state index in [1.54, 1.807) is 26.0 Å². The molecule has 20 heavy (non-hydrogen) atoms. The second-order valence-electron chi connectivity index (χ2n) is 5.57. The SMILES string of the molecule is [2H]CC(C)(C)OC(=O)C1NC(C(=O)O)Cc2ccccc21. The highest BCUT2D eigenvalue weighted by atomic mass is 16.6. The summed E-state index contributed by atoms with van der Waals surface area (Å²) in [5.74, 6) is -1.55. The Morgan fingerprint density at radius 1 is 1.45 bits per heavy atom. The molecular formula is C15H19NO4. The summed E-state index contributed by atoms with van der Waals surface area (Å²) in [6, 6.07) is 5.59. The first-order valence-corrected chi connectivity index (χ1v) is 6.43. The maximum atomic E-state index is 12.3. The highest BCUT2D eigenvalue weighted by molar-refractivity contribution is 5.82. The van der Waals surface area contributed by atoms with Crippen LogP contribution in [-0.4, -0.2) is 28.7 Å². The fourth-order valence-corrected chi connectivity index (χ4v) is 2.26. The van der Waals surface area contributed by atoms with E-state index in [1.807, 2.05) is 12.1 Å². The van der Waals surface area contributed by atoms with Crippen LogP contribution >= 0.6 is 0 Å². The number of benzene rings is 1. The Labute approximate surface area is 119 Å². The molecule has 108 valence electrons. The van der Waals surface area contributed by atoms with Crippen LogP contribution < -0.4 is 5.32 Å². The Kier molecular flexibility index (Phi) is 3.44. The van der Waals surface area contributed by atoms with Gasteiger partial charge in [0.1, 0.15) is 17.7 Å². The van der Waals surface area contributed by atoms with Gasteiger partial charge in [-0.1, -0.05) is 24.3 Å². The standard InChI is InChI=1S/C15H19NO4/c1-15(2,3)20-14(19)12-10-7-5-4-6-9(10)8-11(16-12)13(17)18/h4-7,11-12,16H,8H2,1-3H3,(H,17,18)/i1D. The molecule has 0 fully saturated rings. The zero-order valence-electron chi connectivity index (χ0n) is 12.6. The van der Waals surface area contributed by atoms with Crippen LogP contribution in [0.4, 0.5) is 0 Å². The first-order chi connectivity index (χ1) is 9.84. The van der Waals surface area contributed by atoms with Crippen molar-refractivity contribution in [3.8, 4) is 0 Å². The van der Waals surface area contributed by atoms with Crippen molar-refractivity contribution in [1.82, 2.24) is 5.32 Å². The number of carboxylic acids is 1. The number of hydrogen-bond acceptors (Lipinski definition) is 4. The molecule has 0 amide bonds. The average molecular weight is 278 g/mol. The number of nitrogens with one attached hydrogen (secondary N) is 1. The number of esters is 1. The molecule has 5 heteroatoms.